The van der Waals surface area contributed by atoms with Crippen LogP contribution in [0.3, 0.4) is 0 Å². The van der Waals surface area contributed by atoms with Crippen LogP contribution in [0.25, 0.3) is 77.1 Å². The third-order valence-corrected chi connectivity index (χ3v) is 16.7. The van der Waals surface area contributed by atoms with E-state index in [4.69, 9.17) is 0 Å². The van der Waals surface area contributed by atoms with Gasteiger partial charge < -0.3 is 9.38 Å². The maximum Gasteiger partial charge on any atom is 0.333 e. The highest BCUT2D eigenvalue weighted by Gasteiger charge is 2.49. The van der Waals surface area contributed by atoms with E-state index in [2.05, 4.69) is 215 Å². The van der Waals surface area contributed by atoms with Gasteiger partial charge in [-0.2, -0.15) is 0 Å². The van der Waals surface area contributed by atoms with Crippen LogP contribution in [-0.2, 0) is 16.2 Å². The molecule has 5 aliphatic rings. The Balaban J connectivity index is 1.14. The van der Waals surface area contributed by atoms with Crippen LogP contribution in [0.4, 0.5) is 17.1 Å². The van der Waals surface area contributed by atoms with Gasteiger partial charge in [0.25, 0.3) is 0 Å². The van der Waals surface area contributed by atoms with E-state index in [9.17, 15) is 0 Å². The molecule has 0 saturated carbocycles. The van der Waals surface area contributed by atoms with E-state index in [-0.39, 0.29) is 23.1 Å². The van der Waals surface area contributed by atoms with Gasteiger partial charge in [-0.15, -0.1) is 0 Å². The van der Waals surface area contributed by atoms with Crippen LogP contribution in [0.5, 0.6) is 0 Å². The number of fused-ring (bicyclic) bond motifs is 18. The number of anilines is 3. The number of benzene rings is 9. The van der Waals surface area contributed by atoms with E-state index in [1.165, 1.54) is 138 Å². The normalized spacial score (nSPS) is 16.6. The second kappa shape index (κ2) is 11.3. The lowest BCUT2D eigenvalue weighted by Gasteiger charge is -2.42. The highest BCUT2D eigenvalue weighted by molar-refractivity contribution is 6.90. The Morgan fingerprint density at radius 3 is 1.70 bits per heavy atom. The molecule has 0 saturated heterocycles. The van der Waals surface area contributed by atoms with E-state index in [0.717, 1.165) is 0 Å². The Morgan fingerprint density at radius 1 is 0.391 bits per heavy atom. The summed E-state index contributed by atoms with van der Waals surface area (Å²) in [5, 5.41) is 5.20. The third-order valence-electron chi connectivity index (χ3n) is 16.7. The molecule has 0 fully saturated rings. The van der Waals surface area contributed by atoms with Crippen molar-refractivity contribution in [2.75, 3.05) is 4.90 Å². The van der Waals surface area contributed by atoms with Gasteiger partial charge >= 0.3 is 6.85 Å². The van der Waals surface area contributed by atoms with E-state index < -0.39 is 0 Å². The van der Waals surface area contributed by atoms with Crippen molar-refractivity contribution >= 4 is 67.4 Å². The van der Waals surface area contributed by atoms with Crippen molar-refractivity contribution in [2.24, 2.45) is 0 Å². The van der Waals surface area contributed by atoms with Crippen molar-refractivity contribution < 1.29 is 0 Å². The number of para-hydroxylation sites is 1. The zero-order valence-corrected chi connectivity index (χ0v) is 37.1. The van der Waals surface area contributed by atoms with Gasteiger partial charge in [-0.1, -0.05) is 169 Å². The van der Waals surface area contributed by atoms with Gasteiger partial charge in [-0.25, -0.2) is 0 Å². The number of hydrogen-bond donors (Lipinski definition) is 0. The molecule has 0 unspecified atom stereocenters. The van der Waals surface area contributed by atoms with Gasteiger partial charge in [0, 0.05) is 60.7 Å². The smallest absolute Gasteiger partial charge is 0.333 e. The summed E-state index contributed by atoms with van der Waals surface area (Å²) >= 11 is 0. The van der Waals surface area contributed by atoms with Crippen molar-refractivity contribution in [1.29, 1.82) is 0 Å². The highest BCUT2D eigenvalue weighted by atomic mass is 15.2. The van der Waals surface area contributed by atoms with Gasteiger partial charge in [-0.05, 0) is 130 Å². The van der Waals surface area contributed by atoms with Crippen molar-refractivity contribution in [3.05, 3.63) is 197 Å². The molecule has 0 amide bonds. The summed E-state index contributed by atoms with van der Waals surface area (Å²) < 4.78 is 2.76. The summed E-state index contributed by atoms with van der Waals surface area (Å²) in [7, 11) is 0. The molecule has 2 nitrogen and oxygen atoms in total. The summed E-state index contributed by atoms with van der Waals surface area (Å²) in [5.74, 6) is 0. The van der Waals surface area contributed by atoms with Crippen LogP contribution in [0.1, 0.15) is 74.9 Å². The molecule has 64 heavy (non-hydrogen) atoms. The lowest BCUT2D eigenvalue weighted by atomic mass is 9.44. The molecule has 10 aromatic rings. The minimum absolute atomic E-state index is 0.0626. The van der Waals surface area contributed by atoms with Crippen molar-refractivity contribution in [2.45, 2.75) is 57.8 Å². The Hall–Kier alpha value is -7.10. The standard InChI is InChI=1S/C61H45BN2/c1-59(2)45-23-12-9-18-37(45)42-30-36(26-27-48(42)59)63-53-31-43-38-19-10-13-24-46(38)60(3,4)49(43)32-51(53)62-57-54(63)33-50-55(40-20-11-14-25-47(40)61(50,5)6)56(57)41-22-15-21-39-44-28-34-16-7-8-17-35(34)29-52(44)64(62)58(39)41/h7-33H,1-6H3. The summed E-state index contributed by atoms with van der Waals surface area (Å²) in [4.78, 5) is 2.68. The Bertz CT molecular complexity index is 3840. The quantitative estimate of drug-likeness (QED) is 0.150. The topological polar surface area (TPSA) is 8.17 Å². The molecular weight excluding hydrogens is 771 g/mol. The fraction of sp³-hybridized carbons (Fsp3) is 0.148. The molecule has 0 atom stereocenters. The maximum absolute atomic E-state index is 2.76. The lowest BCUT2D eigenvalue weighted by molar-refractivity contribution is 0.660. The molecular formula is C61H45BN2. The van der Waals surface area contributed by atoms with Gasteiger partial charge in [0.1, 0.15) is 0 Å². The first kappa shape index (κ1) is 35.4. The zero-order chi connectivity index (χ0) is 42.8. The van der Waals surface area contributed by atoms with Gasteiger partial charge in [0.15, 0.2) is 0 Å². The summed E-state index contributed by atoms with van der Waals surface area (Å²) in [5.41, 5.74) is 28.0. The molecule has 3 heterocycles. The van der Waals surface area contributed by atoms with Crippen LogP contribution in [0.15, 0.2) is 164 Å². The molecule has 15 rings (SSSR count). The van der Waals surface area contributed by atoms with Crippen molar-refractivity contribution in [1.82, 2.24) is 4.48 Å². The molecule has 0 radical (unpaired) electrons. The van der Waals surface area contributed by atoms with E-state index >= 15 is 0 Å². The lowest BCUT2D eigenvalue weighted by Crippen LogP contribution is -2.57. The zero-order valence-electron chi connectivity index (χ0n) is 37.1. The maximum atomic E-state index is 2.76. The SMILES string of the molecule is CC1(C)c2ccccc2-c2cc(N3c4cc5c(cc4B4c6c3cc3c(c6-c6cccc7c8cc9ccccc9cc8n4c67)-c4ccccc4C3(C)C)C(C)(C)c3ccccc3-5)ccc21. The fourth-order valence-corrected chi connectivity index (χ4v) is 13.7. The minimum atomic E-state index is -0.198. The predicted molar refractivity (Wildman–Crippen MR) is 270 cm³/mol. The van der Waals surface area contributed by atoms with Crippen LogP contribution in [0.2, 0.25) is 0 Å². The van der Waals surface area contributed by atoms with Crippen LogP contribution < -0.4 is 15.8 Å². The second-order valence-electron chi connectivity index (χ2n) is 20.8. The first-order chi connectivity index (χ1) is 31.0. The van der Waals surface area contributed by atoms with Gasteiger partial charge in [-0.3, -0.25) is 0 Å². The molecule has 1 aromatic heterocycles. The van der Waals surface area contributed by atoms with Crippen LogP contribution in [0, 0.1) is 0 Å². The van der Waals surface area contributed by atoms with E-state index in [0.29, 0.717) is 0 Å². The average Bonchev–Trinajstić information content (AvgIpc) is 3.92. The van der Waals surface area contributed by atoms with Gasteiger partial charge in [0.2, 0.25) is 0 Å². The Morgan fingerprint density at radius 2 is 0.969 bits per heavy atom. The summed E-state index contributed by atoms with van der Waals surface area (Å²) in [6.45, 7) is 14.5. The number of rotatable bonds is 1. The molecule has 0 spiro atoms. The second-order valence-corrected chi connectivity index (χ2v) is 20.8. The third kappa shape index (κ3) is 3.99. The highest BCUT2D eigenvalue weighted by Crippen LogP contribution is 2.59. The number of nitrogens with zero attached hydrogens (tertiary/aromatic N) is 2. The molecule has 3 heteroatoms. The number of hydrogen-bond acceptors (Lipinski definition) is 1. The molecule has 0 N–H and O–H groups in total. The molecule has 2 aliphatic heterocycles. The van der Waals surface area contributed by atoms with Crippen LogP contribution in [-0.4, -0.2) is 11.3 Å². The monoisotopic (exact) mass is 816 g/mol. The average molecular weight is 817 g/mol. The van der Waals surface area contributed by atoms with Crippen molar-refractivity contribution in [3.8, 4) is 44.5 Å². The largest absolute Gasteiger partial charge is 0.375 e. The Kier molecular flexibility index (Phi) is 6.27. The van der Waals surface area contributed by atoms with E-state index in [1.807, 2.05) is 0 Å². The molecule has 0 bridgehead atoms. The molecule has 3 aliphatic carbocycles. The van der Waals surface area contributed by atoms with Crippen molar-refractivity contribution in [3.63, 3.8) is 0 Å². The predicted octanol–water partition coefficient (Wildman–Crippen LogP) is 14.3. The van der Waals surface area contributed by atoms with E-state index in [1.54, 1.807) is 0 Å². The molecule has 9 aromatic carbocycles. The Labute approximate surface area is 374 Å². The van der Waals surface area contributed by atoms with Gasteiger partial charge in [0.05, 0.1) is 0 Å². The van der Waals surface area contributed by atoms with Crippen LogP contribution >= 0.6 is 0 Å². The summed E-state index contributed by atoms with van der Waals surface area (Å²) in [6.07, 6.45) is 0. The molecule has 302 valence electrons. The minimum Gasteiger partial charge on any atom is -0.375 e. The number of aromatic nitrogens is 1. The first-order valence-corrected chi connectivity index (χ1v) is 23.1. The summed E-state index contributed by atoms with van der Waals surface area (Å²) in [6, 6.07) is 63.6. The fourth-order valence-electron chi connectivity index (χ4n) is 13.7. The first-order valence-electron chi connectivity index (χ1n) is 23.1.